The number of hydrogen-bond acceptors (Lipinski definition) is 5. The van der Waals surface area contributed by atoms with E-state index in [0.29, 0.717) is 32.3 Å². The van der Waals surface area contributed by atoms with Crippen LogP contribution in [0.5, 0.6) is 0 Å². The normalized spacial score (nSPS) is 14.8. The predicted octanol–water partition coefficient (Wildman–Crippen LogP) is 0.521. The minimum Gasteiger partial charge on any atom is -0.778 e. The van der Waals surface area contributed by atoms with E-state index in [9.17, 15) is 8.76 Å². The lowest BCUT2D eigenvalue weighted by atomic mass is 10.4. The number of hydrogen-bond donors (Lipinski definition) is 0. The fourth-order valence-corrected chi connectivity index (χ4v) is 3.36. The van der Waals surface area contributed by atoms with Crippen molar-refractivity contribution in [2.75, 3.05) is 19.8 Å². The largest absolute Gasteiger partial charge is 0.778 e. The zero-order valence-electron chi connectivity index (χ0n) is 10.2. The zero-order chi connectivity index (χ0) is 12.4. The molecule has 0 rings (SSSR count). The maximum atomic E-state index is 10.5. The van der Waals surface area contributed by atoms with Gasteiger partial charge >= 0.3 is 0 Å². The van der Waals surface area contributed by atoms with Crippen LogP contribution in [0, 0.1) is 0 Å². The number of ether oxygens (including phenoxy) is 3. The minimum absolute atomic E-state index is 0.474. The van der Waals surface area contributed by atoms with Crippen LogP contribution in [0.15, 0.2) is 0 Å². The molecule has 0 heterocycles. The lowest BCUT2D eigenvalue weighted by Gasteiger charge is -2.32. The van der Waals surface area contributed by atoms with Gasteiger partial charge in [0.15, 0.2) is 0 Å². The second-order valence-electron chi connectivity index (χ2n) is 3.09. The lowest BCUT2D eigenvalue weighted by molar-refractivity contribution is -0.377. The molecule has 0 amide bonds. The first kappa shape index (κ1) is 16.2. The Kier molecular flexibility index (Phi) is 9.38. The molecule has 0 aliphatic heterocycles. The molecule has 0 fully saturated rings. The second-order valence-corrected chi connectivity index (χ2v) is 7.46. The van der Waals surface area contributed by atoms with E-state index in [2.05, 4.69) is 0 Å². The Balaban J connectivity index is 4.28. The zero-order valence-corrected chi connectivity index (χ0v) is 12.4. The highest BCUT2D eigenvalue weighted by atomic mass is 32.4. The van der Waals surface area contributed by atoms with Crippen molar-refractivity contribution in [2.45, 2.75) is 39.2 Å². The van der Waals surface area contributed by atoms with Crippen LogP contribution < -0.4 is 0 Å². The second kappa shape index (κ2) is 9.26. The Morgan fingerprint density at radius 2 is 1.56 bits per heavy atom. The third kappa shape index (κ3) is 6.72. The van der Waals surface area contributed by atoms with Gasteiger partial charge in [0.05, 0.1) is 0 Å². The van der Waals surface area contributed by atoms with E-state index in [0.717, 1.165) is 0 Å². The molecular formula is C9H21O5SSi-. The summed E-state index contributed by atoms with van der Waals surface area (Å²) in [6.45, 7) is 6.99. The molecule has 16 heavy (non-hydrogen) atoms. The quantitative estimate of drug-likeness (QED) is 0.328. The van der Waals surface area contributed by atoms with Crippen molar-refractivity contribution < 1.29 is 23.0 Å². The monoisotopic (exact) mass is 269 g/mol. The molecule has 0 aliphatic carbocycles. The molecule has 0 radical (unpaired) electrons. The van der Waals surface area contributed by atoms with Gasteiger partial charge in [0.2, 0.25) is 0 Å². The van der Waals surface area contributed by atoms with Crippen molar-refractivity contribution in [2.24, 2.45) is 0 Å². The third-order valence-corrected chi connectivity index (χ3v) is 4.73. The Morgan fingerprint density at radius 3 is 1.88 bits per heavy atom. The molecule has 5 nitrogen and oxygen atoms in total. The summed E-state index contributed by atoms with van der Waals surface area (Å²) in [6, 6.07) is 0.593. The molecule has 0 aromatic rings. The summed E-state index contributed by atoms with van der Waals surface area (Å²) in [5.41, 5.74) is 0. The molecule has 1 unspecified atom stereocenters. The van der Waals surface area contributed by atoms with Crippen molar-refractivity contribution in [1.82, 2.24) is 0 Å². The van der Waals surface area contributed by atoms with Crippen molar-refractivity contribution >= 4 is 19.2 Å². The van der Waals surface area contributed by atoms with Gasteiger partial charge < -0.3 is 18.8 Å². The molecule has 0 saturated heterocycles. The van der Waals surface area contributed by atoms with E-state index in [4.69, 9.17) is 14.2 Å². The minimum atomic E-state index is -1.89. The van der Waals surface area contributed by atoms with Gasteiger partial charge in [0.25, 0.3) is 5.97 Å². The van der Waals surface area contributed by atoms with Gasteiger partial charge in [-0.15, -0.1) is 0 Å². The summed E-state index contributed by atoms with van der Waals surface area (Å²) in [5.74, 6) is -1.05. The van der Waals surface area contributed by atoms with E-state index in [1.54, 1.807) is 0 Å². The average Bonchev–Trinajstić information content (AvgIpc) is 2.18. The summed E-state index contributed by atoms with van der Waals surface area (Å²) in [6.07, 6.45) is 0.475. The topological polar surface area (TPSA) is 67.8 Å². The molecule has 0 saturated carbocycles. The Hall–Kier alpha value is 0.207. The van der Waals surface area contributed by atoms with Gasteiger partial charge in [-0.3, -0.25) is 4.21 Å². The summed E-state index contributed by atoms with van der Waals surface area (Å²) >= 11 is 0. The van der Waals surface area contributed by atoms with Gasteiger partial charge in [-0.1, -0.05) is 10.5 Å². The fraction of sp³-hybridized carbons (Fsp3) is 1.00. The van der Waals surface area contributed by atoms with Gasteiger partial charge in [-0.2, -0.15) is 0 Å². The molecule has 0 aromatic heterocycles. The highest BCUT2D eigenvalue weighted by molar-refractivity contribution is 8.05. The van der Waals surface area contributed by atoms with Crippen molar-refractivity contribution in [3.8, 4) is 0 Å². The highest BCUT2D eigenvalue weighted by Crippen LogP contribution is 2.22. The molecular weight excluding hydrogens is 248 g/mol. The van der Waals surface area contributed by atoms with E-state index < -0.39 is 25.2 Å². The van der Waals surface area contributed by atoms with Gasteiger partial charge in [-0.05, 0) is 26.8 Å². The first-order chi connectivity index (χ1) is 7.60. The van der Waals surface area contributed by atoms with Crippen LogP contribution in [0.3, 0.4) is 0 Å². The van der Waals surface area contributed by atoms with Crippen molar-refractivity contribution in [3.63, 3.8) is 0 Å². The standard InChI is InChI=1S/C9H22O5SSi/c1-4-12-9(13-5-2,14-6-3)7-8-16-15(10)11/h4-8,16H2,1-3H3,(H,10,11)/p-1. The van der Waals surface area contributed by atoms with Crippen LogP contribution in [0.25, 0.3) is 0 Å². The van der Waals surface area contributed by atoms with Gasteiger partial charge in [-0.25, -0.2) is 0 Å². The summed E-state index contributed by atoms with van der Waals surface area (Å²) in [5, 5.41) is 0. The smallest absolute Gasteiger partial charge is 0.282 e. The first-order valence-electron chi connectivity index (χ1n) is 5.58. The molecule has 1 atom stereocenters. The van der Waals surface area contributed by atoms with Crippen molar-refractivity contribution in [3.05, 3.63) is 0 Å². The summed E-state index contributed by atoms with van der Waals surface area (Å²) in [4.78, 5) is 0. The van der Waals surface area contributed by atoms with Crippen LogP contribution >= 0.6 is 0 Å². The molecule has 0 bridgehead atoms. The number of rotatable bonds is 10. The maximum absolute atomic E-state index is 10.5. The maximum Gasteiger partial charge on any atom is 0.282 e. The Labute approximate surface area is 102 Å². The molecule has 0 aliphatic rings. The first-order valence-corrected chi connectivity index (χ1v) is 9.55. The Morgan fingerprint density at radius 1 is 1.12 bits per heavy atom. The van der Waals surface area contributed by atoms with E-state index in [1.807, 2.05) is 20.8 Å². The molecule has 0 N–H and O–H groups in total. The summed E-state index contributed by atoms with van der Waals surface area (Å²) < 4.78 is 37.4. The van der Waals surface area contributed by atoms with E-state index >= 15 is 0 Å². The van der Waals surface area contributed by atoms with Crippen LogP contribution in [-0.4, -0.2) is 43.2 Å². The van der Waals surface area contributed by atoms with Crippen LogP contribution in [0.4, 0.5) is 0 Å². The van der Waals surface area contributed by atoms with Crippen LogP contribution in [0.1, 0.15) is 27.2 Å². The van der Waals surface area contributed by atoms with Crippen molar-refractivity contribution in [1.29, 1.82) is 0 Å². The predicted molar refractivity (Wildman–Crippen MR) is 64.5 cm³/mol. The van der Waals surface area contributed by atoms with E-state index in [-0.39, 0.29) is 0 Å². The highest BCUT2D eigenvalue weighted by Gasteiger charge is 2.31. The van der Waals surface area contributed by atoms with E-state index in [1.165, 1.54) is 0 Å². The summed E-state index contributed by atoms with van der Waals surface area (Å²) in [7, 11) is -3.00. The lowest BCUT2D eigenvalue weighted by Crippen LogP contribution is -2.39. The fourth-order valence-electron chi connectivity index (χ4n) is 1.41. The molecule has 0 spiro atoms. The molecule has 7 heteroatoms. The average molecular weight is 269 g/mol. The van der Waals surface area contributed by atoms with Gasteiger partial charge in [0.1, 0.15) is 8.67 Å². The van der Waals surface area contributed by atoms with Crippen LogP contribution in [0.2, 0.25) is 6.04 Å². The third-order valence-electron chi connectivity index (χ3n) is 1.89. The SMILES string of the molecule is CCOC(CC[SiH2]S(=O)[O-])(OCC)OCC. The Bertz CT molecular complexity index is 185. The van der Waals surface area contributed by atoms with Crippen LogP contribution in [-0.2, 0) is 24.7 Å². The van der Waals surface area contributed by atoms with Gasteiger partial charge in [0, 0.05) is 26.2 Å². The molecule has 98 valence electrons. The molecule has 0 aromatic carbocycles.